The number of nitrogens with one attached hydrogen (secondary N) is 4. The van der Waals surface area contributed by atoms with Crippen LogP contribution in [0.25, 0.3) is 21.7 Å². The van der Waals surface area contributed by atoms with Crippen LogP contribution < -0.4 is 25.6 Å². The Morgan fingerprint density at radius 2 is 1.48 bits per heavy atom. The van der Waals surface area contributed by atoms with Crippen LogP contribution in [0.3, 0.4) is 0 Å². The van der Waals surface area contributed by atoms with Gasteiger partial charge in [-0.25, -0.2) is 22.9 Å². The molecule has 4 aromatic rings. The van der Waals surface area contributed by atoms with E-state index in [0.717, 1.165) is 59.6 Å². The molecule has 1 heterocycles. The lowest BCUT2D eigenvalue weighted by Crippen LogP contribution is -2.35. The molecule has 1 saturated carbocycles. The predicted molar refractivity (Wildman–Crippen MR) is 196 cm³/mol. The Bertz CT molecular complexity index is 1800. The minimum absolute atomic E-state index is 0. The van der Waals surface area contributed by atoms with Crippen molar-refractivity contribution in [3.8, 4) is 0 Å². The van der Waals surface area contributed by atoms with Gasteiger partial charge in [-0.05, 0) is 82.6 Å². The van der Waals surface area contributed by atoms with Gasteiger partial charge in [0.05, 0.1) is 10.4 Å². The molecule has 1 aliphatic rings. The highest BCUT2D eigenvalue weighted by atomic mass is 32.2. The summed E-state index contributed by atoms with van der Waals surface area (Å²) in [5.74, 6) is 1.98. The summed E-state index contributed by atoms with van der Waals surface area (Å²) in [6.45, 7) is 7.52. The highest BCUT2D eigenvalue weighted by Crippen LogP contribution is 2.32. The number of nitrogens with zero attached hydrogens (tertiary/aromatic N) is 3. The first-order chi connectivity index (χ1) is 22.4. The Kier molecular flexibility index (Phi) is 12.1. The number of ether oxygens (including phenoxy) is 1. The summed E-state index contributed by atoms with van der Waals surface area (Å²) in [6.07, 6.45) is 3.44. The third kappa shape index (κ3) is 9.47. The number of carbonyl (C=O) groups excluding carboxylic acids is 1. The molecule has 5 rings (SSSR count). The maximum absolute atomic E-state index is 13.4. The van der Waals surface area contributed by atoms with E-state index < -0.39 is 21.7 Å². The van der Waals surface area contributed by atoms with Gasteiger partial charge >= 0.3 is 6.09 Å². The van der Waals surface area contributed by atoms with Crippen LogP contribution >= 0.6 is 0 Å². The van der Waals surface area contributed by atoms with E-state index in [-0.39, 0.29) is 13.3 Å². The lowest BCUT2D eigenvalue weighted by atomic mass is 9.82. The first-order valence-corrected chi connectivity index (χ1v) is 17.8. The standard InChI is InChI=1S/C35H47N7O4S.CH4/c1-35(2,3)46-34(43)37-21-20-36-32-28-10-6-7-13-29(28)40-33(41-32)38-22-24-16-18-25(19-17-24)23-39-47(44,45)31-15-9-11-26-27(31)12-8-14-30(26)42(4)5;/h6-15,24-25,39H,16-23H2,1-5H3,(H,37,43)(H2,36,38,40,41);1H4. The zero-order valence-corrected chi connectivity index (χ0v) is 28.8. The summed E-state index contributed by atoms with van der Waals surface area (Å²) >= 11 is 0. The van der Waals surface area contributed by atoms with Crippen LogP contribution in [0.4, 0.5) is 22.2 Å². The smallest absolute Gasteiger partial charge is 0.407 e. The van der Waals surface area contributed by atoms with Crippen molar-refractivity contribution in [1.29, 1.82) is 0 Å². The van der Waals surface area contributed by atoms with Gasteiger partial charge in [0.2, 0.25) is 16.0 Å². The van der Waals surface area contributed by atoms with E-state index in [9.17, 15) is 13.2 Å². The lowest BCUT2D eigenvalue weighted by Gasteiger charge is -2.29. The number of carbonyl (C=O) groups is 1. The predicted octanol–water partition coefficient (Wildman–Crippen LogP) is 6.62. The summed E-state index contributed by atoms with van der Waals surface area (Å²) in [7, 11) is 0.256. The number of amides is 1. The summed E-state index contributed by atoms with van der Waals surface area (Å²) in [4.78, 5) is 23.8. The molecule has 0 saturated heterocycles. The molecule has 0 bridgehead atoms. The second-order valence-electron chi connectivity index (χ2n) is 13.4. The Morgan fingerprint density at radius 1 is 0.833 bits per heavy atom. The SMILES string of the molecule is C.CN(C)c1cccc2c(S(=O)(=O)NCC3CCC(CNc4nc(NCCNC(=O)OC(C)(C)C)c5ccccc5n4)CC3)cccc12. The number of sulfonamides is 1. The zero-order valence-electron chi connectivity index (χ0n) is 28.0. The number of aromatic nitrogens is 2. The molecule has 1 fully saturated rings. The third-order valence-corrected chi connectivity index (χ3v) is 9.88. The maximum atomic E-state index is 13.4. The fourth-order valence-corrected chi connectivity index (χ4v) is 7.36. The van der Waals surface area contributed by atoms with Crippen molar-refractivity contribution in [1.82, 2.24) is 20.0 Å². The Balaban J connectivity index is 0.00000520. The highest BCUT2D eigenvalue weighted by molar-refractivity contribution is 7.89. The highest BCUT2D eigenvalue weighted by Gasteiger charge is 2.25. The van der Waals surface area contributed by atoms with Crippen molar-refractivity contribution in [2.45, 2.75) is 64.4 Å². The monoisotopic (exact) mass is 677 g/mol. The Labute approximate surface area is 285 Å². The van der Waals surface area contributed by atoms with Crippen LogP contribution in [0.2, 0.25) is 0 Å². The van der Waals surface area contributed by atoms with Crippen molar-refractivity contribution in [2.75, 3.05) is 55.8 Å². The van der Waals surface area contributed by atoms with E-state index in [2.05, 4.69) is 20.7 Å². The van der Waals surface area contributed by atoms with Crippen LogP contribution in [0, 0.1) is 11.8 Å². The van der Waals surface area contributed by atoms with E-state index in [1.165, 1.54) is 0 Å². The molecule has 4 N–H and O–H groups in total. The molecule has 1 aromatic heterocycles. The van der Waals surface area contributed by atoms with E-state index in [4.69, 9.17) is 14.7 Å². The van der Waals surface area contributed by atoms with Crippen molar-refractivity contribution in [3.05, 3.63) is 60.7 Å². The first-order valence-electron chi connectivity index (χ1n) is 16.3. The molecule has 3 aromatic carbocycles. The first kappa shape index (κ1) is 36.7. The fraction of sp³-hybridized carbons (Fsp3) is 0.472. The number of alkyl carbamates (subject to hydrolysis) is 1. The van der Waals surface area contributed by atoms with Gasteiger partial charge in [-0.1, -0.05) is 43.8 Å². The largest absolute Gasteiger partial charge is 0.444 e. The second kappa shape index (κ2) is 15.8. The third-order valence-electron chi connectivity index (χ3n) is 8.40. The number of fused-ring (bicyclic) bond motifs is 2. The summed E-state index contributed by atoms with van der Waals surface area (Å²) in [5, 5.41) is 12.1. The van der Waals surface area contributed by atoms with Gasteiger partial charge < -0.3 is 25.6 Å². The zero-order chi connectivity index (χ0) is 33.6. The molecule has 0 spiro atoms. The van der Waals surface area contributed by atoms with Crippen LogP contribution in [0.1, 0.15) is 53.9 Å². The van der Waals surface area contributed by atoms with E-state index >= 15 is 0 Å². The second-order valence-corrected chi connectivity index (χ2v) is 15.1. The van der Waals surface area contributed by atoms with Crippen molar-refractivity contribution in [3.63, 3.8) is 0 Å². The molecule has 0 aliphatic heterocycles. The van der Waals surface area contributed by atoms with Crippen LogP contribution in [-0.4, -0.2) is 70.4 Å². The number of hydrogen-bond donors (Lipinski definition) is 4. The van der Waals surface area contributed by atoms with Gasteiger partial charge in [-0.3, -0.25) is 0 Å². The molecule has 260 valence electrons. The Hall–Kier alpha value is -4.16. The number of hydrogen-bond acceptors (Lipinski definition) is 9. The summed E-state index contributed by atoms with van der Waals surface area (Å²) in [6, 6.07) is 19.1. The topological polar surface area (TPSA) is 138 Å². The Morgan fingerprint density at radius 3 is 2.19 bits per heavy atom. The van der Waals surface area contributed by atoms with Crippen LogP contribution in [0.15, 0.2) is 65.6 Å². The molecule has 11 nitrogen and oxygen atoms in total. The minimum atomic E-state index is -3.66. The summed E-state index contributed by atoms with van der Waals surface area (Å²) < 4.78 is 35.0. The number of anilines is 3. The van der Waals surface area contributed by atoms with E-state index in [1.807, 2.05) is 94.4 Å². The molecular weight excluding hydrogens is 627 g/mol. The molecule has 0 atom stereocenters. The van der Waals surface area contributed by atoms with Gasteiger partial charge in [-0.15, -0.1) is 0 Å². The average Bonchev–Trinajstić information content (AvgIpc) is 3.03. The number of para-hydroxylation sites is 1. The van der Waals surface area contributed by atoms with Crippen LogP contribution in [0.5, 0.6) is 0 Å². The lowest BCUT2D eigenvalue weighted by molar-refractivity contribution is 0.0530. The number of rotatable bonds is 12. The minimum Gasteiger partial charge on any atom is -0.444 e. The van der Waals surface area contributed by atoms with E-state index in [0.29, 0.717) is 42.2 Å². The normalized spacial score (nSPS) is 16.6. The van der Waals surface area contributed by atoms with Gasteiger partial charge in [0.25, 0.3) is 0 Å². The van der Waals surface area contributed by atoms with Crippen molar-refractivity contribution in [2.24, 2.45) is 11.8 Å². The molecule has 1 amide bonds. The van der Waals surface area contributed by atoms with Crippen molar-refractivity contribution >= 4 is 55.2 Å². The number of benzene rings is 3. The van der Waals surface area contributed by atoms with Crippen molar-refractivity contribution < 1.29 is 17.9 Å². The molecular formula is C36H51N7O4S. The fourth-order valence-electron chi connectivity index (χ4n) is 6.02. The van der Waals surface area contributed by atoms with Gasteiger partial charge in [-0.2, -0.15) is 4.98 Å². The molecule has 0 radical (unpaired) electrons. The average molecular weight is 678 g/mol. The molecule has 0 unspecified atom stereocenters. The van der Waals surface area contributed by atoms with Gasteiger partial charge in [0.15, 0.2) is 0 Å². The van der Waals surface area contributed by atoms with Gasteiger partial charge in [0.1, 0.15) is 11.4 Å². The molecule has 48 heavy (non-hydrogen) atoms. The summed E-state index contributed by atoms with van der Waals surface area (Å²) in [5.41, 5.74) is 1.26. The quantitative estimate of drug-likeness (QED) is 0.122. The van der Waals surface area contributed by atoms with Gasteiger partial charge in [0, 0.05) is 62.1 Å². The molecule has 12 heteroatoms. The maximum Gasteiger partial charge on any atom is 0.407 e. The molecule has 1 aliphatic carbocycles. The van der Waals surface area contributed by atoms with E-state index in [1.54, 1.807) is 6.07 Å². The van der Waals surface area contributed by atoms with Crippen LogP contribution in [-0.2, 0) is 14.8 Å².